The molecule has 1 aromatic carbocycles. The number of non-ortho nitro benzene ring substituents is 1. The van der Waals surface area contributed by atoms with E-state index in [2.05, 4.69) is 5.32 Å². The van der Waals surface area contributed by atoms with Gasteiger partial charge in [-0.25, -0.2) is 0 Å². The summed E-state index contributed by atoms with van der Waals surface area (Å²) in [6, 6.07) is 2.73. The Kier molecular flexibility index (Phi) is 4.97. The van der Waals surface area contributed by atoms with Crippen LogP contribution in [0.2, 0.25) is 0 Å². The van der Waals surface area contributed by atoms with Crippen LogP contribution in [-0.2, 0) is 6.18 Å². The third-order valence-corrected chi connectivity index (χ3v) is 3.27. The minimum Gasteiger partial charge on any atom is -0.384 e. The molecule has 0 radical (unpaired) electrons. The lowest BCUT2D eigenvalue weighted by Crippen LogP contribution is -2.19. The number of nitro benzene ring substituents is 1. The number of nitro groups is 1. The van der Waals surface area contributed by atoms with Gasteiger partial charge < -0.3 is 5.32 Å². The van der Waals surface area contributed by atoms with Gasteiger partial charge in [-0.05, 0) is 17.9 Å². The Morgan fingerprint density at radius 2 is 1.90 bits per heavy atom. The van der Waals surface area contributed by atoms with Crippen molar-refractivity contribution in [1.82, 2.24) is 0 Å². The van der Waals surface area contributed by atoms with E-state index in [9.17, 15) is 23.3 Å². The summed E-state index contributed by atoms with van der Waals surface area (Å²) in [5.41, 5.74) is -1.71. The van der Waals surface area contributed by atoms with E-state index in [0.29, 0.717) is 18.5 Å². The Morgan fingerprint density at radius 3 is 2.35 bits per heavy atom. The van der Waals surface area contributed by atoms with Gasteiger partial charge in [0.1, 0.15) is 0 Å². The van der Waals surface area contributed by atoms with Crippen molar-refractivity contribution >= 4 is 11.4 Å². The largest absolute Gasteiger partial charge is 0.418 e. The number of rotatable bonds is 5. The molecule has 1 aromatic rings. The first-order valence-electron chi connectivity index (χ1n) is 6.22. The number of benzene rings is 1. The zero-order chi connectivity index (χ0) is 15.5. The third-order valence-electron chi connectivity index (χ3n) is 3.27. The van der Waals surface area contributed by atoms with Gasteiger partial charge in [0.15, 0.2) is 0 Å². The highest BCUT2D eigenvalue weighted by atomic mass is 19.4. The standard InChI is InChI=1S/C13H17F3N2O2/c1-8(2)9(3)7-17-12-5-4-10(18(19)20)6-11(12)13(14,15)16/h4-6,8-9,17H,7H2,1-3H3. The van der Waals surface area contributed by atoms with Gasteiger partial charge in [0.05, 0.1) is 10.5 Å². The third kappa shape index (κ3) is 4.11. The van der Waals surface area contributed by atoms with E-state index in [0.717, 1.165) is 12.1 Å². The average molecular weight is 290 g/mol. The van der Waals surface area contributed by atoms with Crippen LogP contribution in [0.4, 0.5) is 24.5 Å². The van der Waals surface area contributed by atoms with E-state index in [1.165, 1.54) is 0 Å². The molecule has 1 N–H and O–H groups in total. The lowest BCUT2D eigenvalue weighted by molar-refractivity contribution is -0.385. The molecule has 0 fully saturated rings. The molecule has 4 nitrogen and oxygen atoms in total. The summed E-state index contributed by atoms with van der Waals surface area (Å²) in [6.45, 7) is 6.26. The predicted octanol–water partition coefficient (Wildman–Crippen LogP) is 4.32. The van der Waals surface area contributed by atoms with Gasteiger partial charge in [-0.15, -0.1) is 0 Å². The van der Waals surface area contributed by atoms with Crippen LogP contribution in [0, 0.1) is 22.0 Å². The molecule has 0 aromatic heterocycles. The molecular weight excluding hydrogens is 273 g/mol. The van der Waals surface area contributed by atoms with Gasteiger partial charge in [0.25, 0.3) is 5.69 Å². The van der Waals surface area contributed by atoms with E-state index in [1.54, 1.807) is 0 Å². The van der Waals surface area contributed by atoms with Crippen LogP contribution in [0.25, 0.3) is 0 Å². The molecule has 0 bridgehead atoms. The number of halogens is 3. The number of hydrogen-bond donors (Lipinski definition) is 1. The van der Waals surface area contributed by atoms with Crippen molar-refractivity contribution in [3.63, 3.8) is 0 Å². The summed E-state index contributed by atoms with van der Waals surface area (Å²) < 4.78 is 38.7. The van der Waals surface area contributed by atoms with Crippen molar-refractivity contribution in [2.45, 2.75) is 26.9 Å². The molecule has 0 heterocycles. The van der Waals surface area contributed by atoms with E-state index >= 15 is 0 Å². The highest BCUT2D eigenvalue weighted by Crippen LogP contribution is 2.37. The first kappa shape index (κ1) is 16.3. The lowest BCUT2D eigenvalue weighted by atomic mass is 9.98. The number of nitrogens with one attached hydrogen (secondary N) is 1. The van der Waals surface area contributed by atoms with Crippen LogP contribution in [0.1, 0.15) is 26.3 Å². The molecule has 0 amide bonds. The summed E-state index contributed by atoms with van der Waals surface area (Å²) >= 11 is 0. The van der Waals surface area contributed by atoms with Crippen molar-refractivity contribution in [3.05, 3.63) is 33.9 Å². The van der Waals surface area contributed by atoms with Crippen molar-refractivity contribution < 1.29 is 18.1 Å². The van der Waals surface area contributed by atoms with Crippen molar-refractivity contribution in [2.75, 3.05) is 11.9 Å². The molecule has 0 spiro atoms. The molecule has 1 atom stereocenters. The zero-order valence-corrected chi connectivity index (χ0v) is 11.5. The molecule has 0 saturated carbocycles. The zero-order valence-electron chi connectivity index (χ0n) is 11.5. The second-order valence-electron chi connectivity index (χ2n) is 5.09. The van der Waals surface area contributed by atoms with E-state index in [1.807, 2.05) is 20.8 Å². The van der Waals surface area contributed by atoms with Crippen molar-refractivity contribution in [3.8, 4) is 0 Å². The Balaban J connectivity index is 3.04. The summed E-state index contributed by atoms with van der Waals surface area (Å²) in [6.07, 6.45) is -4.63. The second-order valence-corrected chi connectivity index (χ2v) is 5.09. The molecule has 0 aliphatic carbocycles. The molecule has 1 unspecified atom stereocenters. The van der Waals surface area contributed by atoms with Crippen molar-refractivity contribution in [1.29, 1.82) is 0 Å². The number of hydrogen-bond acceptors (Lipinski definition) is 3. The maximum atomic E-state index is 12.9. The smallest absolute Gasteiger partial charge is 0.384 e. The number of anilines is 1. The molecular formula is C13H17F3N2O2. The van der Waals surface area contributed by atoms with Gasteiger partial charge in [0, 0.05) is 24.4 Å². The molecule has 0 aliphatic rings. The van der Waals surface area contributed by atoms with Crippen LogP contribution in [-0.4, -0.2) is 11.5 Å². The quantitative estimate of drug-likeness (QED) is 0.649. The fourth-order valence-corrected chi connectivity index (χ4v) is 1.54. The summed E-state index contributed by atoms with van der Waals surface area (Å²) in [7, 11) is 0. The van der Waals surface area contributed by atoms with E-state index in [-0.39, 0.29) is 11.6 Å². The second kappa shape index (κ2) is 6.11. The van der Waals surface area contributed by atoms with Gasteiger partial charge in [-0.1, -0.05) is 20.8 Å². The maximum Gasteiger partial charge on any atom is 0.418 e. The monoisotopic (exact) mass is 290 g/mol. The minimum atomic E-state index is -4.63. The highest BCUT2D eigenvalue weighted by Gasteiger charge is 2.35. The van der Waals surface area contributed by atoms with Crippen LogP contribution in [0.15, 0.2) is 18.2 Å². The van der Waals surface area contributed by atoms with Crippen LogP contribution < -0.4 is 5.32 Å². The molecule has 1 rings (SSSR count). The average Bonchev–Trinajstić information content (AvgIpc) is 2.34. The molecule has 20 heavy (non-hydrogen) atoms. The molecule has 112 valence electrons. The van der Waals surface area contributed by atoms with Crippen LogP contribution in [0.3, 0.4) is 0 Å². The Labute approximate surface area is 115 Å². The summed E-state index contributed by atoms with van der Waals surface area (Å²) in [5, 5.41) is 13.3. The first-order chi connectivity index (χ1) is 9.12. The van der Waals surface area contributed by atoms with Crippen LogP contribution >= 0.6 is 0 Å². The normalized spacial score (nSPS) is 13.3. The molecule has 7 heteroatoms. The van der Waals surface area contributed by atoms with Gasteiger partial charge >= 0.3 is 6.18 Å². The predicted molar refractivity (Wildman–Crippen MR) is 70.6 cm³/mol. The Hall–Kier alpha value is -1.79. The Bertz CT molecular complexity index is 487. The van der Waals surface area contributed by atoms with Gasteiger partial charge in [0.2, 0.25) is 0 Å². The fourth-order valence-electron chi connectivity index (χ4n) is 1.54. The summed E-state index contributed by atoms with van der Waals surface area (Å²) in [5.74, 6) is 0.515. The maximum absolute atomic E-state index is 12.9. The first-order valence-corrected chi connectivity index (χ1v) is 6.22. The summed E-state index contributed by atoms with van der Waals surface area (Å²) in [4.78, 5) is 9.73. The highest BCUT2D eigenvalue weighted by molar-refractivity contribution is 5.57. The number of nitrogens with zero attached hydrogens (tertiary/aromatic N) is 1. The van der Waals surface area contributed by atoms with E-state index in [4.69, 9.17) is 0 Å². The fraction of sp³-hybridized carbons (Fsp3) is 0.538. The number of alkyl halides is 3. The van der Waals surface area contributed by atoms with Crippen molar-refractivity contribution in [2.24, 2.45) is 11.8 Å². The Morgan fingerprint density at radius 1 is 1.30 bits per heavy atom. The lowest BCUT2D eigenvalue weighted by Gasteiger charge is -2.19. The molecule has 0 aliphatic heterocycles. The van der Waals surface area contributed by atoms with Gasteiger partial charge in [-0.3, -0.25) is 10.1 Å². The topological polar surface area (TPSA) is 55.2 Å². The van der Waals surface area contributed by atoms with E-state index < -0.39 is 22.4 Å². The molecule has 0 saturated heterocycles. The van der Waals surface area contributed by atoms with Crippen LogP contribution in [0.5, 0.6) is 0 Å². The minimum absolute atomic E-state index is 0.129. The van der Waals surface area contributed by atoms with Gasteiger partial charge in [-0.2, -0.15) is 13.2 Å². The SMILES string of the molecule is CC(C)C(C)CNc1ccc([N+](=O)[O-])cc1C(F)(F)F.